The Kier molecular flexibility index (Phi) is 4.40. The van der Waals surface area contributed by atoms with Gasteiger partial charge in [0.15, 0.2) is 0 Å². The number of alkyl halides is 3. The molecule has 0 aliphatic heterocycles. The summed E-state index contributed by atoms with van der Waals surface area (Å²) in [6, 6.07) is 4.80. The Morgan fingerprint density at radius 3 is 1.90 bits per heavy atom. The molecular formula is C12H4Cl4F3N. The molecule has 8 heteroatoms. The molecule has 0 fully saturated rings. The van der Waals surface area contributed by atoms with Crippen LogP contribution in [0.5, 0.6) is 0 Å². The summed E-state index contributed by atoms with van der Waals surface area (Å²) in [7, 11) is 0. The van der Waals surface area contributed by atoms with E-state index in [1.165, 1.54) is 18.2 Å². The normalized spacial score (nSPS) is 11.8. The number of hydrogen-bond acceptors (Lipinski definition) is 1. The second-order valence-corrected chi connectivity index (χ2v) is 5.39. The fourth-order valence-electron chi connectivity index (χ4n) is 1.58. The molecule has 20 heavy (non-hydrogen) atoms. The molecule has 0 saturated carbocycles. The Hall–Kier alpha value is -0.680. The molecular weight excluding hydrogens is 357 g/mol. The molecule has 1 heterocycles. The van der Waals surface area contributed by atoms with Crippen LogP contribution in [0.4, 0.5) is 13.2 Å². The molecule has 1 aromatic heterocycles. The summed E-state index contributed by atoms with van der Waals surface area (Å²) in [5.41, 5.74) is -0.609. The summed E-state index contributed by atoms with van der Waals surface area (Å²) < 4.78 is 37.6. The Morgan fingerprint density at radius 1 is 0.900 bits per heavy atom. The van der Waals surface area contributed by atoms with Crippen LogP contribution in [0.1, 0.15) is 5.69 Å². The largest absolute Gasteiger partial charge is 0.433 e. The summed E-state index contributed by atoms with van der Waals surface area (Å²) >= 11 is 23.5. The van der Waals surface area contributed by atoms with Crippen molar-refractivity contribution in [1.82, 2.24) is 4.98 Å². The van der Waals surface area contributed by atoms with Crippen LogP contribution in [0.15, 0.2) is 24.3 Å². The molecule has 0 saturated heterocycles. The topological polar surface area (TPSA) is 12.9 Å². The van der Waals surface area contributed by atoms with Gasteiger partial charge >= 0.3 is 6.18 Å². The van der Waals surface area contributed by atoms with Crippen LogP contribution in [0.2, 0.25) is 20.2 Å². The Morgan fingerprint density at radius 2 is 1.45 bits per heavy atom. The molecule has 0 bridgehead atoms. The van der Waals surface area contributed by atoms with Gasteiger partial charge in [-0.3, -0.25) is 0 Å². The zero-order valence-electron chi connectivity index (χ0n) is 9.40. The van der Waals surface area contributed by atoms with Crippen molar-refractivity contribution in [3.8, 4) is 11.1 Å². The smallest absolute Gasteiger partial charge is 0.231 e. The molecule has 0 atom stereocenters. The first kappa shape index (κ1) is 15.7. The maximum atomic E-state index is 12.5. The lowest BCUT2D eigenvalue weighted by Gasteiger charge is -2.11. The molecule has 0 spiro atoms. The van der Waals surface area contributed by atoms with Crippen molar-refractivity contribution in [2.75, 3.05) is 0 Å². The molecule has 2 rings (SSSR count). The van der Waals surface area contributed by atoms with Gasteiger partial charge in [0, 0.05) is 16.1 Å². The minimum atomic E-state index is -4.57. The molecule has 0 N–H and O–H groups in total. The lowest BCUT2D eigenvalue weighted by atomic mass is 10.1. The van der Waals surface area contributed by atoms with Gasteiger partial charge in [-0.05, 0) is 24.3 Å². The maximum Gasteiger partial charge on any atom is 0.433 e. The first-order chi connectivity index (χ1) is 9.20. The van der Waals surface area contributed by atoms with Crippen molar-refractivity contribution in [2.45, 2.75) is 6.18 Å². The van der Waals surface area contributed by atoms with E-state index in [1.807, 2.05) is 0 Å². The lowest BCUT2D eigenvalue weighted by Crippen LogP contribution is -2.08. The van der Waals surface area contributed by atoms with Crippen molar-refractivity contribution in [2.24, 2.45) is 0 Å². The number of aromatic nitrogens is 1. The highest BCUT2D eigenvalue weighted by molar-refractivity contribution is 6.43. The monoisotopic (exact) mass is 359 g/mol. The molecule has 1 aromatic carbocycles. The van der Waals surface area contributed by atoms with Gasteiger partial charge in [0.05, 0.1) is 10.0 Å². The van der Waals surface area contributed by atoms with Crippen molar-refractivity contribution in [3.63, 3.8) is 0 Å². The van der Waals surface area contributed by atoms with Crippen molar-refractivity contribution < 1.29 is 13.2 Å². The van der Waals surface area contributed by atoms with Crippen molar-refractivity contribution in [1.29, 1.82) is 0 Å². The highest BCUT2D eigenvalue weighted by atomic mass is 35.5. The number of nitrogens with zero attached hydrogens (tertiary/aromatic N) is 1. The minimum Gasteiger partial charge on any atom is -0.231 e. The quantitative estimate of drug-likeness (QED) is 0.537. The first-order valence-corrected chi connectivity index (χ1v) is 6.60. The van der Waals surface area contributed by atoms with Crippen LogP contribution in [0.3, 0.4) is 0 Å². The van der Waals surface area contributed by atoms with Crippen molar-refractivity contribution in [3.05, 3.63) is 50.2 Å². The van der Waals surface area contributed by atoms with Crippen LogP contribution < -0.4 is 0 Å². The van der Waals surface area contributed by atoms with Crippen LogP contribution in [-0.4, -0.2) is 4.98 Å². The van der Waals surface area contributed by atoms with Crippen LogP contribution >= 0.6 is 46.4 Å². The second kappa shape index (κ2) is 5.60. The van der Waals surface area contributed by atoms with E-state index in [-0.39, 0.29) is 26.3 Å². The van der Waals surface area contributed by atoms with Gasteiger partial charge in [-0.25, -0.2) is 4.98 Å². The predicted octanol–water partition coefficient (Wildman–Crippen LogP) is 6.38. The van der Waals surface area contributed by atoms with Gasteiger partial charge < -0.3 is 0 Å². The van der Waals surface area contributed by atoms with Gasteiger partial charge in [-0.15, -0.1) is 0 Å². The van der Waals surface area contributed by atoms with E-state index in [4.69, 9.17) is 46.4 Å². The van der Waals surface area contributed by atoms with E-state index < -0.39 is 11.9 Å². The van der Waals surface area contributed by atoms with E-state index >= 15 is 0 Å². The van der Waals surface area contributed by atoms with E-state index in [0.717, 1.165) is 6.07 Å². The molecule has 2 aromatic rings. The maximum absolute atomic E-state index is 12.5. The number of hydrogen-bond donors (Lipinski definition) is 0. The third kappa shape index (κ3) is 3.14. The van der Waals surface area contributed by atoms with Crippen LogP contribution in [0, 0.1) is 0 Å². The Labute approximate surface area is 132 Å². The third-order valence-electron chi connectivity index (χ3n) is 2.42. The highest BCUT2D eigenvalue weighted by Gasteiger charge is 2.33. The molecule has 106 valence electrons. The van der Waals surface area contributed by atoms with Gasteiger partial charge in [0.2, 0.25) is 0 Å². The fourth-order valence-corrected chi connectivity index (χ4v) is 2.85. The SMILES string of the molecule is FC(F)(F)c1ccc(-c2c(Cl)cc(Cl)cc2Cl)c(Cl)n1. The van der Waals surface area contributed by atoms with E-state index in [1.54, 1.807) is 0 Å². The molecule has 0 unspecified atom stereocenters. The fraction of sp³-hybridized carbons (Fsp3) is 0.0833. The highest BCUT2D eigenvalue weighted by Crippen LogP contribution is 2.40. The first-order valence-electron chi connectivity index (χ1n) is 5.09. The number of rotatable bonds is 1. The summed E-state index contributed by atoms with van der Waals surface area (Å²) in [4.78, 5) is 3.32. The standard InChI is InChI=1S/C12H4Cl4F3N/c13-5-3-7(14)10(8(15)4-5)6-1-2-9(12(17,18)19)20-11(6)16/h1-4H. The summed E-state index contributed by atoms with van der Waals surface area (Å²) in [6.45, 7) is 0. The van der Waals surface area contributed by atoms with Gasteiger partial charge in [0.1, 0.15) is 10.8 Å². The van der Waals surface area contributed by atoms with E-state index in [2.05, 4.69) is 4.98 Å². The predicted molar refractivity (Wildman–Crippen MR) is 74.7 cm³/mol. The molecule has 1 nitrogen and oxygen atoms in total. The van der Waals surface area contributed by atoms with Gasteiger partial charge in [-0.1, -0.05) is 46.4 Å². The third-order valence-corrected chi connectivity index (χ3v) is 3.52. The van der Waals surface area contributed by atoms with E-state index in [9.17, 15) is 13.2 Å². The molecule has 0 amide bonds. The van der Waals surface area contributed by atoms with Crippen LogP contribution in [0.25, 0.3) is 11.1 Å². The summed E-state index contributed by atoms with van der Waals surface area (Å²) in [6.07, 6.45) is -4.57. The molecule has 0 aliphatic rings. The van der Waals surface area contributed by atoms with Gasteiger partial charge in [-0.2, -0.15) is 13.2 Å². The van der Waals surface area contributed by atoms with E-state index in [0.29, 0.717) is 5.02 Å². The van der Waals surface area contributed by atoms with Crippen molar-refractivity contribution >= 4 is 46.4 Å². The average Bonchev–Trinajstić information content (AvgIpc) is 2.28. The summed E-state index contributed by atoms with van der Waals surface area (Å²) in [5.74, 6) is 0. The van der Waals surface area contributed by atoms with Gasteiger partial charge in [0.25, 0.3) is 0 Å². The molecule has 0 radical (unpaired) electrons. The Balaban J connectivity index is 2.61. The Bertz CT molecular complexity index is 647. The average molecular weight is 361 g/mol. The minimum absolute atomic E-state index is 0.172. The zero-order valence-corrected chi connectivity index (χ0v) is 12.4. The number of benzene rings is 1. The lowest BCUT2D eigenvalue weighted by molar-refractivity contribution is -0.141. The zero-order chi connectivity index (χ0) is 15.1. The number of pyridine rings is 1. The second-order valence-electron chi connectivity index (χ2n) is 3.78. The summed E-state index contributed by atoms with van der Waals surface area (Å²) in [5, 5.41) is 0.308. The molecule has 0 aliphatic carbocycles. The van der Waals surface area contributed by atoms with Crippen LogP contribution in [-0.2, 0) is 6.18 Å². The number of halogens is 7.